The first-order chi connectivity index (χ1) is 15.2. The summed E-state index contributed by atoms with van der Waals surface area (Å²) in [5.41, 5.74) is 5.01. The fourth-order valence-corrected chi connectivity index (χ4v) is 5.15. The summed E-state index contributed by atoms with van der Waals surface area (Å²) >= 11 is 7.06. The maximum atomic E-state index is 12.3. The van der Waals surface area contributed by atoms with E-state index in [1.807, 2.05) is 0 Å². The van der Waals surface area contributed by atoms with Gasteiger partial charge < -0.3 is 25.3 Å². The molecule has 32 heavy (non-hydrogen) atoms. The Morgan fingerprint density at radius 2 is 2.09 bits per heavy atom. The number of fused-ring (bicyclic) bond motifs is 2. The number of rotatable bonds is 4. The average molecular weight is 504 g/mol. The zero-order valence-corrected chi connectivity index (χ0v) is 18.3. The lowest BCUT2D eigenvalue weighted by molar-refractivity contribution is -0.173. The molecule has 5 rings (SSSR count). The van der Waals surface area contributed by atoms with Crippen molar-refractivity contribution in [3.8, 4) is 0 Å². The van der Waals surface area contributed by atoms with E-state index in [2.05, 4.69) is 15.0 Å². The molecule has 1 unspecified atom stereocenters. The molecule has 16 heteroatoms. The van der Waals surface area contributed by atoms with E-state index in [1.54, 1.807) is 24.3 Å². The first kappa shape index (κ1) is 21.7. The number of nitrogens with zero attached hydrogens (tertiary/aromatic N) is 3. The number of hydrogen-bond acceptors (Lipinski definition) is 11. The summed E-state index contributed by atoms with van der Waals surface area (Å²) in [5, 5.41) is 11.3. The maximum absolute atomic E-state index is 12.3. The molecule has 2 aliphatic rings. The summed E-state index contributed by atoms with van der Waals surface area (Å²) in [6, 6.07) is 6.84. The van der Waals surface area contributed by atoms with E-state index in [9.17, 15) is 19.4 Å². The monoisotopic (exact) mass is 503 g/mol. The molecule has 0 bridgehead atoms. The van der Waals surface area contributed by atoms with E-state index in [1.165, 1.54) is 0 Å². The quantitative estimate of drug-likeness (QED) is 0.363. The number of aromatic amines is 1. The number of H-pyrrole nitrogens is 1. The van der Waals surface area contributed by atoms with Gasteiger partial charge in [-0.3, -0.25) is 18.8 Å². The highest BCUT2D eigenvalue weighted by Gasteiger charge is 2.53. The van der Waals surface area contributed by atoms with Crippen LogP contribution in [0.25, 0.3) is 11.2 Å². The Morgan fingerprint density at radius 3 is 2.84 bits per heavy atom. The first-order valence-electron chi connectivity index (χ1n) is 9.08. The van der Waals surface area contributed by atoms with E-state index in [0.29, 0.717) is 5.02 Å². The molecule has 13 nitrogen and oxygen atoms in total. The van der Waals surface area contributed by atoms with Crippen molar-refractivity contribution >= 4 is 48.3 Å². The van der Waals surface area contributed by atoms with Crippen LogP contribution in [0.5, 0.6) is 0 Å². The molecule has 2 saturated heterocycles. The molecule has 0 spiro atoms. The van der Waals surface area contributed by atoms with Crippen molar-refractivity contribution in [3.63, 3.8) is 0 Å². The van der Waals surface area contributed by atoms with Gasteiger partial charge in [0, 0.05) is 9.92 Å². The number of nitrogens with two attached hydrogens (primary N) is 1. The zero-order valence-electron chi connectivity index (χ0n) is 15.8. The molecular formula is C16H15ClN5O8PS. The molecule has 5 N–H and O–H groups in total. The van der Waals surface area contributed by atoms with Gasteiger partial charge in [0.2, 0.25) is 16.8 Å². The Morgan fingerprint density at radius 1 is 1.34 bits per heavy atom. The van der Waals surface area contributed by atoms with Crippen LogP contribution >= 0.6 is 31.2 Å². The number of aliphatic hydroxyl groups is 1. The van der Waals surface area contributed by atoms with Crippen LogP contribution in [0.4, 0.5) is 5.95 Å². The second-order valence-corrected chi connectivity index (χ2v) is 9.72. The lowest BCUT2D eigenvalue weighted by atomic mass is 10.1. The van der Waals surface area contributed by atoms with Gasteiger partial charge in [-0.2, -0.15) is 4.98 Å². The number of nitrogen functional groups attached to an aromatic ring is 1. The Kier molecular flexibility index (Phi) is 5.42. The van der Waals surface area contributed by atoms with Gasteiger partial charge in [-0.1, -0.05) is 11.6 Å². The number of anilines is 1. The SMILES string of the molecule is Nc1nc2c(nc(Sc3ccc(Cl)cc3)n2O[C@@H]2O[C@@H]3COP(=O)(O)O[C@H]3[C@H]2O)c(=O)[nH]1. The number of hydrogen-bond donors (Lipinski definition) is 4. The summed E-state index contributed by atoms with van der Waals surface area (Å²) in [5.74, 6) is -0.171. The molecule has 3 aromatic rings. The van der Waals surface area contributed by atoms with Gasteiger partial charge in [-0.25, -0.2) is 9.55 Å². The summed E-state index contributed by atoms with van der Waals surface area (Å²) in [4.78, 5) is 39.1. The van der Waals surface area contributed by atoms with E-state index in [0.717, 1.165) is 21.4 Å². The third kappa shape index (κ3) is 4.00. The Labute approximate surface area is 188 Å². The molecule has 5 atom stereocenters. The molecule has 170 valence electrons. The molecule has 2 fully saturated rings. The van der Waals surface area contributed by atoms with E-state index < -0.39 is 38.0 Å². The minimum atomic E-state index is -4.31. The smallest absolute Gasteiger partial charge is 0.384 e. The van der Waals surface area contributed by atoms with Gasteiger partial charge in [0.25, 0.3) is 11.8 Å². The topological polar surface area (TPSA) is 184 Å². The number of ether oxygens (including phenoxy) is 1. The van der Waals surface area contributed by atoms with Crippen molar-refractivity contribution in [2.24, 2.45) is 0 Å². The molecular weight excluding hydrogens is 489 g/mol. The fourth-order valence-electron chi connectivity index (χ4n) is 3.23. The molecule has 4 heterocycles. The third-order valence-electron chi connectivity index (χ3n) is 4.65. The predicted molar refractivity (Wildman–Crippen MR) is 110 cm³/mol. The highest BCUT2D eigenvalue weighted by Crippen LogP contribution is 2.51. The predicted octanol–water partition coefficient (Wildman–Crippen LogP) is 0.537. The Hall–Kier alpha value is -2.16. The van der Waals surface area contributed by atoms with Gasteiger partial charge in [0.05, 0.1) is 6.61 Å². The number of aliphatic hydroxyl groups excluding tert-OH is 1. The van der Waals surface area contributed by atoms with Gasteiger partial charge in [0.15, 0.2) is 5.52 Å². The van der Waals surface area contributed by atoms with Crippen molar-refractivity contribution in [3.05, 3.63) is 39.6 Å². The van der Waals surface area contributed by atoms with Gasteiger partial charge in [-0.15, -0.1) is 4.73 Å². The van der Waals surface area contributed by atoms with Crippen LogP contribution in [0.3, 0.4) is 0 Å². The summed E-state index contributed by atoms with van der Waals surface area (Å²) in [6.07, 6.45) is -4.81. The third-order valence-corrected chi connectivity index (χ3v) is 6.83. The highest BCUT2D eigenvalue weighted by molar-refractivity contribution is 7.99. The number of benzene rings is 1. The van der Waals surface area contributed by atoms with Crippen molar-refractivity contribution in [2.45, 2.75) is 34.7 Å². The molecule has 0 saturated carbocycles. The van der Waals surface area contributed by atoms with Crippen LogP contribution in [0.15, 0.2) is 39.1 Å². The maximum Gasteiger partial charge on any atom is 0.472 e. The minimum absolute atomic E-state index is 0.0154. The second kappa shape index (κ2) is 8.01. The Balaban J connectivity index is 1.51. The molecule has 0 aliphatic carbocycles. The number of phosphoric ester groups is 1. The summed E-state index contributed by atoms with van der Waals surface area (Å²) in [7, 11) is -4.31. The van der Waals surface area contributed by atoms with Crippen LogP contribution in [0.2, 0.25) is 5.02 Å². The number of nitrogens with one attached hydrogen (secondary N) is 1. The second-order valence-electron chi connectivity index (χ2n) is 6.84. The molecule has 0 amide bonds. The Bertz CT molecular complexity index is 1290. The number of aromatic nitrogens is 4. The van der Waals surface area contributed by atoms with E-state index >= 15 is 0 Å². The average Bonchev–Trinajstić information content (AvgIpc) is 3.22. The summed E-state index contributed by atoms with van der Waals surface area (Å²) < 4.78 is 28.0. The van der Waals surface area contributed by atoms with Crippen molar-refractivity contribution in [1.82, 2.24) is 19.7 Å². The van der Waals surface area contributed by atoms with Crippen molar-refractivity contribution in [1.29, 1.82) is 0 Å². The number of imidazole rings is 1. The lowest BCUT2D eigenvalue weighted by Gasteiger charge is -2.27. The molecule has 2 aromatic heterocycles. The number of halogens is 1. The first-order valence-corrected chi connectivity index (χ1v) is 11.8. The van der Waals surface area contributed by atoms with Crippen LogP contribution < -0.4 is 16.1 Å². The van der Waals surface area contributed by atoms with Crippen LogP contribution in [-0.2, 0) is 18.3 Å². The molecule has 0 radical (unpaired) electrons. The standard InChI is InChI=1S/C16H15ClN5O8PS/c17-6-1-3-7(4-2-6)32-16-19-9-12(20-15(18)21-13(9)24)22(16)29-14-10(23)11-8(28-14)5-27-31(25,26)30-11/h1-4,8,10-11,14,23H,5H2,(H,25,26)(H3,18,20,21,24)/t8-,10-,11-,14+/m1/s1. The van der Waals surface area contributed by atoms with E-state index in [4.69, 9.17) is 36.0 Å². The van der Waals surface area contributed by atoms with Crippen molar-refractivity contribution in [2.75, 3.05) is 12.3 Å². The van der Waals surface area contributed by atoms with Crippen LogP contribution in [0.1, 0.15) is 0 Å². The van der Waals surface area contributed by atoms with Gasteiger partial charge in [-0.05, 0) is 36.0 Å². The van der Waals surface area contributed by atoms with Crippen LogP contribution in [0, 0.1) is 0 Å². The number of phosphoric acid groups is 1. The lowest BCUT2D eigenvalue weighted by Crippen LogP contribution is -2.41. The zero-order chi connectivity index (χ0) is 22.6. The summed E-state index contributed by atoms with van der Waals surface area (Å²) in [6.45, 7) is -0.280. The largest absolute Gasteiger partial charge is 0.472 e. The fraction of sp³-hybridized carbons (Fsp3) is 0.312. The van der Waals surface area contributed by atoms with Gasteiger partial charge >= 0.3 is 7.82 Å². The van der Waals surface area contributed by atoms with Gasteiger partial charge in [0.1, 0.15) is 18.3 Å². The van der Waals surface area contributed by atoms with Crippen molar-refractivity contribution < 1.29 is 33.2 Å². The minimum Gasteiger partial charge on any atom is -0.384 e. The van der Waals surface area contributed by atoms with E-state index in [-0.39, 0.29) is 28.9 Å². The normalized spacial score (nSPS) is 29.8. The molecule has 2 aliphatic heterocycles. The molecule has 1 aromatic carbocycles. The highest BCUT2D eigenvalue weighted by atomic mass is 35.5. The van der Waals surface area contributed by atoms with Crippen LogP contribution in [-0.4, -0.2) is 60.9 Å².